The van der Waals surface area contributed by atoms with Crippen molar-refractivity contribution in [2.24, 2.45) is 0 Å². The van der Waals surface area contributed by atoms with Gasteiger partial charge in [0.1, 0.15) is 0 Å². The van der Waals surface area contributed by atoms with Crippen LogP contribution in [0.15, 0.2) is 18.2 Å². The van der Waals surface area contributed by atoms with Crippen LogP contribution in [0.5, 0.6) is 0 Å². The molecule has 20 heavy (non-hydrogen) atoms. The fourth-order valence-corrected chi connectivity index (χ4v) is 5.00. The Balaban J connectivity index is 1.62. The van der Waals surface area contributed by atoms with Crippen molar-refractivity contribution in [2.45, 2.75) is 18.3 Å². The molecule has 3 aliphatic rings. The van der Waals surface area contributed by atoms with Crippen LogP contribution in [0.3, 0.4) is 0 Å². The van der Waals surface area contributed by atoms with E-state index in [0.717, 1.165) is 32.8 Å². The van der Waals surface area contributed by atoms with Gasteiger partial charge in [-0.05, 0) is 42.0 Å². The molecule has 0 atom stereocenters. The van der Waals surface area contributed by atoms with E-state index in [0.29, 0.717) is 5.41 Å². The van der Waals surface area contributed by atoms with Gasteiger partial charge in [0.2, 0.25) is 0 Å². The minimum absolute atomic E-state index is 0.421. The lowest BCUT2D eigenvalue weighted by Crippen LogP contribution is -2.36. The first-order chi connectivity index (χ1) is 9.87. The van der Waals surface area contributed by atoms with Crippen LogP contribution in [0.2, 0.25) is 0 Å². The number of fused-ring (bicyclic) bond motifs is 2. The Hall–Kier alpha value is -0.870. The molecule has 0 saturated carbocycles. The lowest BCUT2D eigenvalue weighted by atomic mass is 9.77. The van der Waals surface area contributed by atoms with E-state index in [9.17, 15) is 0 Å². The van der Waals surface area contributed by atoms with E-state index in [-0.39, 0.29) is 0 Å². The molecule has 4 heteroatoms. The van der Waals surface area contributed by atoms with E-state index in [1.54, 1.807) is 5.56 Å². The van der Waals surface area contributed by atoms with Crippen LogP contribution in [0, 0.1) is 0 Å². The number of benzene rings is 1. The average Bonchev–Trinajstić information content (AvgIpc) is 2.87. The molecule has 0 amide bonds. The Morgan fingerprint density at radius 1 is 1.15 bits per heavy atom. The molecule has 1 spiro atoms. The zero-order valence-electron chi connectivity index (χ0n) is 11.9. The maximum Gasteiger partial charge on any atom is 0.0642 e. The molecule has 3 aliphatic heterocycles. The summed E-state index contributed by atoms with van der Waals surface area (Å²) >= 11 is 2.11. The third-order valence-electron chi connectivity index (χ3n) is 5.02. The highest BCUT2D eigenvalue weighted by Crippen LogP contribution is 2.46. The number of nitrogens with one attached hydrogen (secondary N) is 1. The molecule has 2 saturated heterocycles. The van der Waals surface area contributed by atoms with Crippen molar-refractivity contribution in [3.05, 3.63) is 23.8 Å². The van der Waals surface area contributed by atoms with Gasteiger partial charge in [-0.25, -0.2) is 0 Å². The lowest BCUT2D eigenvalue weighted by Gasteiger charge is -2.33. The van der Waals surface area contributed by atoms with Crippen molar-refractivity contribution in [2.75, 3.05) is 54.6 Å². The summed E-state index contributed by atoms with van der Waals surface area (Å²) in [6.45, 7) is 4.87. The van der Waals surface area contributed by atoms with Crippen molar-refractivity contribution in [3.8, 4) is 0 Å². The number of thioether (sulfide) groups is 1. The van der Waals surface area contributed by atoms with Crippen LogP contribution in [-0.2, 0) is 10.2 Å². The molecule has 0 unspecified atom stereocenters. The summed E-state index contributed by atoms with van der Waals surface area (Å²) in [5.74, 6) is 2.62. The monoisotopic (exact) mass is 290 g/mol. The van der Waals surface area contributed by atoms with Gasteiger partial charge in [0.15, 0.2) is 0 Å². The summed E-state index contributed by atoms with van der Waals surface area (Å²) in [6, 6.07) is 7.06. The van der Waals surface area contributed by atoms with Crippen molar-refractivity contribution >= 4 is 23.1 Å². The van der Waals surface area contributed by atoms with Crippen LogP contribution < -0.4 is 10.2 Å². The van der Waals surface area contributed by atoms with Gasteiger partial charge in [-0.2, -0.15) is 11.8 Å². The standard InChI is InChI=1S/C16H22N2OS/c1-2-14-15(11-13(1)18-5-7-19-8-6-18)17-12-16(14)3-9-20-10-4-16/h1-2,11,17H,3-10,12H2. The van der Waals surface area contributed by atoms with Crippen LogP contribution in [-0.4, -0.2) is 44.4 Å². The van der Waals surface area contributed by atoms with E-state index in [1.165, 1.54) is 35.7 Å². The van der Waals surface area contributed by atoms with Crippen molar-refractivity contribution in [1.29, 1.82) is 0 Å². The number of hydrogen-bond acceptors (Lipinski definition) is 4. The molecule has 1 aromatic carbocycles. The highest BCUT2D eigenvalue weighted by molar-refractivity contribution is 7.99. The number of hydrogen-bond donors (Lipinski definition) is 1. The summed E-state index contributed by atoms with van der Waals surface area (Å²) in [7, 11) is 0. The predicted octanol–water partition coefficient (Wildman–Crippen LogP) is 2.71. The van der Waals surface area contributed by atoms with E-state index < -0.39 is 0 Å². The first kappa shape index (κ1) is 12.8. The Morgan fingerprint density at radius 2 is 1.95 bits per heavy atom. The first-order valence-electron chi connectivity index (χ1n) is 7.66. The van der Waals surface area contributed by atoms with Gasteiger partial charge in [-0.15, -0.1) is 0 Å². The average molecular weight is 290 g/mol. The molecule has 0 bridgehead atoms. The second-order valence-corrected chi connectivity index (χ2v) is 7.30. The number of anilines is 2. The number of rotatable bonds is 1. The van der Waals surface area contributed by atoms with Gasteiger partial charge >= 0.3 is 0 Å². The molecule has 108 valence electrons. The van der Waals surface area contributed by atoms with E-state index in [4.69, 9.17) is 4.74 Å². The topological polar surface area (TPSA) is 24.5 Å². The molecule has 4 rings (SSSR count). The van der Waals surface area contributed by atoms with E-state index in [1.807, 2.05) is 0 Å². The van der Waals surface area contributed by atoms with Crippen LogP contribution in [0.4, 0.5) is 11.4 Å². The second-order valence-electron chi connectivity index (χ2n) is 6.08. The Morgan fingerprint density at radius 3 is 2.75 bits per heavy atom. The highest BCUT2D eigenvalue weighted by atomic mass is 32.2. The molecule has 0 aromatic heterocycles. The quantitative estimate of drug-likeness (QED) is 0.859. The van der Waals surface area contributed by atoms with Gasteiger partial charge in [0.05, 0.1) is 13.2 Å². The van der Waals surface area contributed by atoms with Crippen molar-refractivity contribution in [1.82, 2.24) is 0 Å². The molecule has 0 aliphatic carbocycles. The fourth-order valence-electron chi connectivity index (χ4n) is 3.73. The molecule has 1 N–H and O–H groups in total. The van der Waals surface area contributed by atoms with Crippen molar-refractivity contribution < 1.29 is 4.74 Å². The van der Waals surface area contributed by atoms with Gasteiger partial charge in [-0.1, -0.05) is 6.07 Å². The van der Waals surface area contributed by atoms with Crippen molar-refractivity contribution in [3.63, 3.8) is 0 Å². The molecule has 1 aromatic rings. The summed E-state index contributed by atoms with van der Waals surface area (Å²) in [5, 5.41) is 3.67. The van der Waals surface area contributed by atoms with E-state index >= 15 is 0 Å². The zero-order chi connectivity index (χ0) is 13.4. The van der Waals surface area contributed by atoms with Gasteiger partial charge in [-0.3, -0.25) is 0 Å². The smallest absolute Gasteiger partial charge is 0.0642 e. The molecule has 0 radical (unpaired) electrons. The third-order valence-corrected chi connectivity index (χ3v) is 6.00. The minimum atomic E-state index is 0.421. The minimum Gasteiger partial charge on any atom is -0.384 e. The van der Waals surface area contributed by atoms with Crippen LogP contribution in [0.25, 0.3) is 0 Å². The maximum atomic E-state index is 5.44. The maximum absolute atomic E-state index is 5.44. The number of ether oxygens (including phenoxy) is 1. The Bertz CT molecular complexity index is 493. The largest absolute Gasteiger partial charge is 0.384 e. The molecule has 2 fully saturated rings. The molecular weight excluding hydrogens is 268 g/mol. The fraction of sp³-hybridized carbons (Fsp3) is 0.625. The zero-order valence-corrected chi connectivity index (χ0v) is 12.7. The molecular formula is C16H22N2OS. The lowest BCUT2D eigenvalue weighted by molar-refractivity contribution is 0.122. The third kappa shape index (κ3) is 2.09. The van der Waals surface area contributed by atoms with E-state index in [2.05, 4.69) is 40.2 Å². The SMILES string of the molecule is c1cc2c(cc1N1CCOCC1)NCC21CCSCC1. The summed E-state index contributed by atoms with van der Waals surface area (Å²) in [6.07, 6.45) is 2.66. The summed E-state index contributed by atoms with van der Waals surface area (Å²) < 4.78 is 5.44. The van der Waals surface area contributed by atoms with Gasteiger partial charge in [0.25, 0.3) is 0 Å². The normalized spacial score (nSPS) is 24.5. The number of nitrogens with zero attached hydrogens (tertiary/aromatic N) is 1. The van der Waals surface area contributed by atoms with Gasteiger partial charge < -0.3 is 15.0 Å². The summed E-state index contributed by atoms with van der Waals surface area (Å²) in [4.78, 5) is 2.44. The summed E-state index contributed by atoms with van der Waals surface area (Å²) in [5.41, 5.74) is 4.71. The van der Waals surface area contributed by atoms with Gasteiger partial charge in [0, 0.05) is 36.4 Å². The highest BCUT2D eigenvalue weighted by Gasteiger charge is 2.39. The predicted molar refractivity (Wildman–Crippen MR) is 86.2 cm³/mol. The Kier molecular flexibility index (Phi) is 3.31. The molecule has 3 nitrogen and oxygen atoms in total. The Labute approximate surface area is 125 Å². The first-order valence-corrected chi connectivity index (χ1v) is 8.82. The number of morpholine rings is 1. The van der Waals surface area contributed by atoms with Crippen LogP contribution >= 0.6 is 11.8 Å². The molecule has 3 heterocycles. The van der Waals surface area contributed by atoms with Crippen LogP contribution in [0.1, 0.15) is 18.4 Å². The second kappa shape index (κ2) is 5.15.